The number of rotatable bonds is 4. The van der Waals surface area contributed by atoms with Gasteiger partial charge in [0.15, 0.2) is 0 Å². The van der Waals surface area contributed by atoms with Crippen LogP contribution in [0.3, 0.4) is 0 Å². The molecule has 0 amide bonds. The molecule has 5 nitrogen and oxygen atoms in total. The third kappa shape index (κ3) is 2.30. The van der Waals surface area contributed by atoms with Gasteiger partial charge in [-0.2, -0.15) is 0 Å². The first kappa shape index (κ1) is 9.61. The molecule has 2 heterocycles. The third-order valence-electron chi connectivity index (χ3n) is 2.33. The Kier molecular flexibility index (Phi) is 3.10. The second kappa shape index (κ2) is 4.52. The summed E-state index contributed by atoms with van der Waals surface area (Å²) < 4.78 is 10.3. The molecular weight excluding hydrogens is 182 g/mol. The van der Waals surface area contributed by atoms with Crippen LogP contribution in [-0.2, 0) is 17.9 Å². The van der Waals surface area contributed by atoms with Crippen LogP contribution in [0.5, 0.6) is 0 Å². The Morgan fingerprint density at radius 3 is 2.71 bits per heavy atom. The van der Waals surface area contributed by atoms with Crippen molar-refractivity contribution in [2.45, 2.75) is 26.0 Å². The molecule has 1 aliphatic heterocycles. The number of likely N-dealkylation sites (tertiary alicyclic amines) is 1. The number of ether oxygens (including phenoxy) is 1. The van der Waals surface area contributed by atoms with Crippen LogP contribution in [0.15, 0.2) is 4.42 Å². The first-order chi connectivity index (χ1) is 6.88. The normalized spacial score (nSPS) is 17.8. The minimum Gasteiger partial charge on any atom is -0.421 e. The lowest BCUT2D eigenvalue weighted by Crippen LogP contribution is -2.18. The molecule has 0 radical (unpaired) electrons. The Morgan fingerprint density at radius 2 is 2.00 bits per heavy atom. The van der Waals surface area contributed by atoms with Crippen LogP contribution in [0, 0.1) is 0 Å². The fourth-order valence-corrected chi connectivity index (χ4v) is 1.67. The van der Waals surface area contributed by atoms with Gasteiger partial charge in [-0.1, -0.05) is 0 Å². The van der Waals surface area contributed by atoms with Gasteiger partial charge in [0.05, 0.1) is 6.54 Å². The summed E-state index contributed by atoms with van der Waals surface area (Å²) in [6.07, 6.45) is 2.55. The zero-order chi connectivity index (χ0) is 9.80. The third-order valence-corrected chi connectivity index (χ3v) is 2.33. The minimum atomic E-state index is 0.396. The lowest BCUT2D eigenvalue weighted by Gasteiger charge is -2.10. The topological polar surface area (TPSA) is 51.4 Å². The summed E-state index contributed by atoms with van der Waals surface area (Å²) in [4.78, 5) is 2.32. The van der Waals surface area contributed by atoms with Crippen molar-refractivity contribution in [1.82, 2.24) is 15.1 Å². The molecular formula is C9H15N3O2. The minimum absolute atomic E-state index is 0.396. The van der Waals surface area contributed by atoms with Gasteiger partial charge in [-0.3, -0.25) is 4.90 Å². The molecule has 5 heteroatoms. The van der Waals surface area contributed by atoms with Crippen molar-refractivity contribution in [3.05, 3.63) is 11.8 Å². The lowest BCUT2D eigenvalue weighted by molar-refractivity contribution is 0.156. The predicted octanol–water partition coefficient (Wildman–Crippen LogP) is 0.812. The van der Waals surface area contributed by atoms with E-state index in [1.54, 1.807) is 7.11 Å². The SMILES string of the molecule is COCc1nnc(CN2CCCC2)o1. The highest BCUT2D eigenvalue weighted by molar-refractivity contribution is 4.81. The Hall–Kier alpha value is -0.940. The molecule has 0 aliphatic carbocycles. The molecule has 2 rings (SSSR count). The number of nitrogens with zero attached hydrogens (tertiary/aromatic N) is 3. The maximum absolute atomic E-state index is 5.40. The highest BCUT2D eigenvalue weighted by Gasteiger charge is 2.15. The van der Waals surface area contributed by atoms with Gasteiger partial charge in [0.25, 0.3) is 0 Å². The highest BCUT2D eigenvalue weighted by atomic mass is 16.5. The summed E-state index contributed by atoms with van der Waals surface area (Å²) >= 11 is 0. The molecule has 0 saturated carbocycles. The summed E-state index contributed by atoms with van der Waals surface area (Å²) in [7, 11) is 1.62. The van der Waals surface area contributed by atoms with Gasteiger partial charge in [-0.15, -0.1) is 10.2 Å². The van der Waals surface area contributed by atoms with Crippen LogP contribution in [-0.4, -0.2) is 35.3 Å². The number of hydrogen-bond donors (Lipinski definition) is 0. The van der Waals surface area contributed by atoms with Crippen molar-refractivity contribution in [3.63, 3.8) is 0 Å². The van der Waals surface area contributed by atoms with Crippen molar-refractivity contribution < 1.29 is 9.15 Å². The summed E-state index contributed by atoms with van der Waals surface area (Å²) in [5, 5.41) is 7.84. The van der Waals surface area contributed by atoms with E-state index in [0.717, 1.165) is 19.6 Å². The van der Waals surface area contributed by atoms with Gasteiger partial charge in [-0.05, 0) is 25.9 Å². The van der Waals surface area contributed by atoms with Gasteiger partial charge in [0.1, 0.15) is 6.61 Å². The molecule has 1 fully saturated rings. The summed E-state index contributed by atoms with van der Waals surface area (Å²) in [5.41, 5.74) is 0. The molecule has 1 aliphatic rings. The van der Waals surface area contributed by atoms with E-state index >= 15 is 0 Å². The van der Waals surface area contributed by atoms with E-state index in [-0.39, 0.29) is 0 Å². The molecule has 0 bridgehead atoms. The lowest BCUT2D eigenvalue weighted by atomic mass is 10.4. The van der Waals surface area contributed by atoms with E-state index < -0.39 is 0 Å². The molecule has 78 valence electrons. The largest absolute Gasteiger partial charge is 0.421 e. The van der Waals surface area contributed by atoms with Crippen LogP contribution >= 0.6 is 0 Å². The summed E-state index contributed by atoms with van der Waals surface area (Å²) in [5.74, 6) is 1.25. The zero-order valence-corrected chi connectivity index (χ0v) is 8.40. The van der Waals surface area contributed by atoms with Gasteiger partial charge < -0.3 is 9.15 Å². The monoisotopic (exact) mass is 197 g/mol. The highest BCUT2D eigenvalue weighted by Crippen LogP contribution is 2.11. The van der Waals surface area contributed by atoms with Crippen molar-refractivity contribution in [1.29, 1.82) is 0 Å². The zero-order valence-electron chi connectivity index (χ0n) is 8.40. The number of hydrogen-bond acceptors (Lipinski definition) is 5. The molecule has 0 N–H and O–H groups in total. The Bertz CT molecular complexity index is 281. The molecule has 0 unspecified atom stereocenters. The van der Waals surface area contributed by atoms with E-state index in [1.165, 1.54) is 12.8 Å². The molecule has 0 aromatic carbocycles. The van der Waals surface area contributed by atoms with Crippen LogP contribution in [0.4, 0.5) is 0 Å². The molecule has 0 spiro atoms. The van der Waals surface area contributed by atoms with Crippen molar-refractivity contribution in [2.75, 3.05) is 20.2 Å². The van der Waals surface area contributed by atoms with E-state index in [2.05, 4.69) is 15.1 Å². The summed E-state index contributed by atoms with van der Waals surface area (Å²) in [6.45, 7) is 3.45. The second-order valence-electron chi connectivity index (χ2n) is 3.51. The van der Waals surface area contributed by atoms with Gasteiger partial charge >= 0.3 is 0 Å². The molecule has 1 saturated heterocycles. The Labute approximate surface area is 83.1 Å². The number of aromatic nitrogens is 2. The van der Waals surface area contributed by atoms with Crippen molar-refractivity contribution in [2.24, 2.45) is 0 Å². The quantitative estimate of drug-likeness (QED) is 0.715. The van der Waals surface area contributed by atoms with Crippen LogP contribution in [0.2, 0.25) is 0 Å². The Balaban J connectivity index is 1.88. The van der Waals surface area contributed by atoms with Gasteiger partial charge in [0, 0.05) is 7.11 Å². The van der Waals surface area contributed by atoms with E-state index in [4.69, 9.17) is 9.15 Å². The van der Waals surface area contributed by atoms with E-state index in [9.17, 15) is 0 Å². The number of methoxy groups -OCH3 is 1. The van der Waals surface area contributed by atoms with E-state index in [0.29, 0.717) is 18.4 Å². The first-order valence-corrected chi connectivity index (χ1v) is 4.91. The molecule has 0 atom stereocenters. The maximum Gasteiger partial charge on any atom is 0.242 e. The molecule has 1 aromatic rings. The van der Waals surface area contributed by atoms with E-state index in [1.807, 2.05) is 0 Å². The smallest absolute Gasteiger partial charge is 0.242 e. The van der Waals surface area contributed by atoms with Crippen molar-refractivity contribution in [3.8, 4) is 0 Å². The fourth-order valence-electron chi connectivity index (χ4n) is 1.67. The average Bonchev–Trinajstić information content (AvgIpc) is 2.79. The molecule has 1 aromatic heterocycles. The summed E-state index contributed by atoms with van der Waals surface area (Å²) in [6, 6.07) is 0. The van der Waals surface area contributed by atoms with Gasteiger partial charge in [-0.25, -0.2) is 0 Å². The average molecular weight is 197 g/mol. The first-order valence-electron chi connectivity index (χ1n) is 4.91. The van der Waals surface area contributed by atoms with Crippen molar-refractivity contribution >= 4 is 0 Å². The molecule has 14 heavy (non-hydrogen) atoms. The van der Waals surface area contributed by atoms with Crippen LogP contribution < -0.4 is 0 Å². The predicted molar refractivity (Wildman–Crippen MR) is 49.5 cm³/mol. The fraction of sp³-hybridized carbons (Fsp3) is 0.778. The van der Waals surface area contributed by atoms with Crippen LogP contribution in [0.1, 0.15) is 24.6 Å². The second-order valence-corrected chi connectivity index (χ2v) is 3.51. The standard InChI is InChI=1S/C9H15N3O2/c1-13-7-9-11-10-8(14-9)6-12-4-2-3-5-12/h2-7H2,1H3. The maximum atomic E-state index is 5.40. The van der Waals surface area contributed by atoms with Gasteiger partial charge in [0.2, 0.25) is 11.8 Å². The Morgan fingerprint density at radius 1 is 1.29 bits per heavy atom. The van der Waals surface area contributed by atoms with Crippen LogP contribution in [0.25, 0.3) is 0 Å².